The summed E-state index contributed by atoms with van der Waals surface area (Å²) < 4.78 is 0. The molecule has 0 amide bonds. The van der Waals surface area contributed by atoms with Gasteiger partial charge in [-0.25, -0.2) is 0 Å². The molecule has 0 unspecified atom stereocenters. The summed E-state index contributed by atoms with van der Waals surface area (Å²) in [6, 6.07) is 0. The van der Waals surface area contributed by atoms with Crippen LogP contribution in [0.25, 0.3) is 0 Å². The van der Waals surface area contributed by atoms with Gasteiger partial charge in [0.15, 0.2) is 5.78 Å². The molecule has 0 N–H and O–H groups in total. The number of rotatable bonds is 3. The molecule has 1 nitrogen and oxygen atoms in total. The molecule has 2 aliphatic rings. The van der Waals surface area contributed by atoms with Gasteiger partial charge in [-0.05, 0) is 61.7 Å². The highest BCUT2D eigenvalue weighted by molar-refractivity contribution is 6.04. The maximum absolute atomic E-state index is 12.1. The Bertz CT molecular complexity index is 484. The van der Waals surface area contributed by atoms with Crippen LogP contribution in [-0.2, 0) is 4.79 Å². The number of ketones is 1. The van der Waals surface area contributed by atoms with E-state index in [1.54, 1.807) is 6.08 Å². The van der Waals surface area contributed by atoms with Crippen LogP contribution >= 0.6 is 0 Å². The number of carbonyl (C=O) groups excluding carboxylic acids is 1. The first-order chi connectivity index (χ1) is 9.00. The van der Waals surface area contributed by atoms with Gasteiger partial charge in [-0.2, -0.15) is 0 Å². The molecule has 0 saturated carbocycles. The second-order valence-corrected chi connectivity index (χ2v) is 6.29. The fourth-order valence-electron chi connectivity index (χ4n) is 3.08. The lowest BCUT2D eigenvalue weighted by molar-refractivity contribution is -0.111. The summed E-state index contributed by atoms with van der Waals surface area (Å²) in [5.74, 6) is 0.172. The third-order valence-corrected chi connectivity index (χ3v) is 4.27. The van der Waals surface area contributed by atoms with Gasteiger partial charge in [0, 0.05) is 0 Å². The molecule has 0 heterocycles. The first-order valence-electron chi connectivity index (χ1n) is 7.29. The Labute approximate surface area is 116 Å². The van der Waals surface area contributed by atoms with Gasteiger partial charge in [0.2, 0.25) is 0 Å². The molecule has 0 aromatic rings. The summed E-state index contributed by atoms with van der Waals surface area (Å²) >= 11 is 0. The van der Waals surface area contributed by atoms with Crippen molar-refractivity contribution in [3.05, 3.63) is 47.1 Å². The number of allylic oxidation sites excluding steroid dienone is 8. The van der Waals surface area contributed by atoms with E-state index < -0.39 is 0 Å². The van der Waals surface area contributed by atoms with E-state index in [0.717, 1.165) is 18.4 Å². The Morgan fingerprint density at radius 2 is 2.11 bits per heavy atom. The van der Waals surface area contributed by atoms with Gasteiger partial charge < -0.3 is 0 Å². The summed E-state index contributed by atoms with van der Waals surface area (Å²) in [5.41, 5.74) is 3.95. The van der Waals surface area contributed by atoms with E-state index in [9.17, 15) is 4.79 Å². The largest absolute Gasteiger partial charge is 0.290 e. The van der Waals surface area contributed by atoms with Crippen molar-refractivity contribution in [2.75, 3.05) is 0 Å². The molecule has 0 aliphatic heterocycles. The van der Waals surface area contributed by atoms with Crippen LogP contribution in [0, 0.1) is 5.41 Å². The third kappa shape index (κ3) is 3.34. The minimum Gasteiger partial charge on any atom is -0.290 e. The zero-order valence-electron chi connectivity index (χ0n) is 12.3. The molecule has 102 valence electrons. The fraction of sp³-hybridized carbons (Fsp3) is 0.500. The lowest BCUT2D eigenvalue weighted by atomic mass is 9.72. The fourth-order valence-corrected chi connectivity index (χ4v) is 3.08. The van der Waals surface area contributed by atoms with E-state index in [-0.39, 0.29) is 11.2 Å². The van der Waals surface area contributed by atoms with Gasteiger partial charge in [0.25, 0.3) is 0 Å². The first kappa shape index (κ1) is 14.0. The van der Waals surface area contributed by atoms with Crippen LogP contribution in [0.15, 0.2) is 47.1 Å². The van der Waals surface area contributed by atoms with Crippen LogP contribution in [-0.4, -0.2) is 5.78 Å². The van der Waals surface area contributed by atoms with Crippen LogP contribution in [0.5, 0.6) is 0 Å². The molecule has 0 atom stereocenters. The highest BCUT2D eigenvalue weighted by Gasteiger charge is 2.26. The normalized spacial score (nSPS) is 22.8. The highest BCUT2D eigenvalue weighted by atomic mass is 16.1. The van der Waals surface area contributed by atoms with Gasteiger partial charge in [-0.1, -0.05) is 43.7 Å². The molecule has 2 aliphatic carbocycles. The molecule has 19 heavy (non-hydrogen) atoms. The van der Waals surface area contributed by atoms with Crippen LogP contribution in [0.2, 0.25) is 0 Å². The van der Waals surface area contributed by atoms with E-state index in [4.69, 9.17) is 0 Å². The molecule has 1 heteroatoms. The molecule has 0 bridgehead atoms. The minimum absolute atomic E-state index is 0.172. The van der Waals surface area contributed by atoms with Gasteiger partial charge in [0.1, 0.15) is 0 Å². The third-order valence-electron chi connectivity index (χ3n) is 4.27. The van der Waals surface area contributed by atoms with Gasteiger partial charge >= 0.3 is 0 Å². The van der Waals surface area contributed by atoms with Crippen molar-refractivity contribution in [1.82, 2.24) is 0 Å². The maximum Gasteiger partial charge on any atom is 0.181 e. The van der Waals surface area contributed by atoms with Crippen LogP contribution < -0.4 is 0 Å². The SMILES string of the molecule is CC1=C(/C=C/C(=O)C2=CC=CCC2)C(C)(C)CCC1. The second-order valence-electron chi connectivity index (χ2n) is 6.29. The van der Waals surface area contributed by atoms with E-state index in [2.05, 4.69) is 32.9 Å². The smallest absolute Gasteiger partial charge is 0.181 e. The molecule has 2 rings (SSSR count). The standard InChI is InChI=1S/C18H24O/c1-14-8-7-13-18(2,3)16(14)11-12-17(19)15-9-5-4-6-10-15/h4-5,9,11-12H,6-8,10,13H2,1-3H3/b12-11+. The summed E-state index contributed by atoms with van der Waals surface area (Å²) in [6.45, 7) is 6.76. The van der Waals surface area contributed by atoms with Crippen LogP contribution in [0.4, 0.5) is 0 Å². The van der Waals surface area contributed by atoms with Gasteiger partial charge in [-0.15, -0.1) is 0 Å². The molecule has 0 aromatic carbocycles. The molecule has 0 saturated heterocycles. The monoisotopic (exact) mass is 256 g/mol. The lowest BCUT2D eigenvalue weighted by Gasteiger charge is -2.32. The van der Waals surface area contributed by atoms with Gasteiger partial charge in [0.05, 0.1) is 0 Å². The zero-order valence-corrected chi connectivity index (χ0v) is 12.3. The first-order valence-corrected chi connectivity index (χ1v) is 7.29. The molecule has 0 spiro atoms. The number of hydrogen-bond donors (Lipinski definition) is 0. The maximum atomic E-state index is 12.1. The van der Waals surface area contributed by atoms with Crippen molar-refractivity contribution >= 4 is 5.78 Å². The number of carbonyl (C=O) groups is 1. The predicted molar refractivity (Wildman–Crippen MR) is 80.9 cm³/mol. The Balaban J connectivity index is 2.15. The zero-order chi connectivity index (χ0) is 13.9. The average Bonchev–Trinajstić information content (AvgIpc) is 2.38. The summed E-state index contributed by atoms with van der Waals surface area (Å²) in [4.78, 5) is 12.1. The topological polar surface area (TPSA) is 17.1 Å². The van der Waals surface area contributed by atoms with Crippen molar-refractivity contribution < 1.29 is 4.79 Å². The molecule has 0 aromatic heterocycles. The average molecular weight is 256 g/mol. The Morgan fingerprint density at radius 3 is 2.74 bits per heavy atom. The Morgan fingerprint density at radius 1 is 1.32 bits per heavy atom. The minimum atomic E-state index is 0.172. The van der Waals surface area contributed by atoms with Gasteiger partial charge in [-0.3, -0.25) is 4.79 Å². The van der Waals surface area contributed by atoms with E-state index in [1.807, 2.05) is 12.2 Å². The van der Waals surface area contributed by atoms with Crippen LogP contribution in [0.1, 0.15) is 52.9 Å². The number of hydrogen-bond acceptors (Lipinski definition) is 1. The van der Waals surface area contributed by atoms with E-state index in [1.165, 1.54) is 30.4 Å². The van der Waals surface area contributed by atoms with Crippen LogP contribution in [0.3, 0.4) is 0 Å². The van der Waals surface area contributed by atoms with Crippen molar-refractivity contribution in [2.24, 2.45) is 5.41 Å². The lowest BCUT2D eigenvalue weighted by Crippen LogP contribution is -2.19. The van der Waals surface area contributed by atoms with E-state index >= 15 is 0 Å². The second kappa shape index (κ2) is 5.73. The van der Waals surface area contributed by atoms with Crippen molar-refractivity contribution in [2.45, 2.75) is 52.9 Å². The summed E-state index contributed by atoms with van der Waals surface area (Å²) in [7, 11) is 0. The molecular weight excluding hydrogens is 232 g/mol. The van der Waals surface area contributed by atoms with Crippen molar-refractivity contribution in [3.63, 3.8) is 0 Å². The molecule has 0 fully saturated rings. The Kier molecular flexibility index (Phi) is 4.24. The van der Waals surface area contributed by atoms with Crippen molar-refractivity contribution in [3.8, 4) is 0 Å². The molecule has 0 radical (unpaired) electrons. The summed E-state index contributed by atoms with van der Waals surface area (Å²) in [6.07, 6.45) is 15.4. The van der Waals surface area contributed by atoms with E-state index in [0.29, 0.717) is 0 Å². The molecular formula is C18H24O. The highest BCUT2D eigenvalue weighted by Crippen LogP contribution is 2.40. The predicted octanol–water partition coefficient (Wildman–Crippen LogP) is 4.91. The van der Waals surface area contributed by atoms with Crippen molar-refractivity contribution in [1.29, 1.82) is 0 Å². The summed E-state index contributed by atoms with van der Waals surface area (Å²) in [5, 5.41) is 0. The Hall–Kier alpha value is -1.37. The quantitative estimate of drug-likeness (QED) is 0.655.